The molecule has 11 nitrogen and oxygen atoms in total. The minimum atomic E-state index is -1.29. The Morgan fingerprint density at radius 1 is 0.818 bits per heavy atom. The molecule has 33 heavy (non-hydrogen) atoms. The second-order valence-electron chi connectivity index (χ2n) is 7.12. The average molecular weight is 501 g/mol. The van der Waals surface area contributed by atoms with E-state index in [9.17, 15) is 24.0 Å². The van der Waals surface area contributed by atoms with Gasteiger partial charge in [0.1, 0.15) is 18.1 Å². The first-order valence-corrected chi connectivity index (χ1v) is 11.2. The van der Waals surface area contributed by atoms with Crippen LogP contribution in [0.25, 0.3) is 0 Å². The predicted octanol–water partition coefficient (Wildman–Crippen LogP) is -1.18. The summed E-state index contributed by atoms with van der Waals surface area (Å²) < 4.78 is 0. The van der Waals surface area contributed by atoms with Gasteiger partial charge in [0.05, 0.1) is 6.04 Å². The van der Waals surface area contributed by atoms with Crippen LogP contribution in [0, 0.1) is 0 Å². The molecular weight excluding hydrogens is 472 g/mol. The molecule has 7 N–H and O–H groups in total. The zero-order valence-corrected chi connectivity index (χ0v) is 19.4. The molecule has 0 radical (unpaired) electrons. The number of nitrogens with two attached hydrogens (primary N) is 1. The molecule has 4 atom stereocenters. The fourth-order valence-electron chi connectivity index (χ4n) is 2.67. The first kappa shape index (κ1) is 28.3. The van der Waals surface area contributed by atoms with E-state index in [-0.39, 0.29) is 30.8 Å². The van der Waals surface area contributed by atoms with E-state index in [1.165, 1.54) is 0 Å². The number of hydrogen-bond donors (Lipinski definition) is 8. The van der Waals surface area contributed by atoms with Gasteiger partial charge in [-0.05, 0) is 12.0 Å². The van der Waals surface area contributed by atoms with Crippen LogP contribution < -0.4 is 21.7 Å². The lowest BCUT2D eigenvalue weighted by Crippen LogP contribution is -2.58. The first-order chi connectivity index (χ1) is 15.6. The van der Waals surface area contributed by atoms with Gasteiger partial charge < -0.3 is 31.9 Å². The van der Waals surface area contributed by atoms with Crippen molar-refractivity contribution in [1.29, 1.82) is 0 Å². The van der Waals surface area contributed by atoms with Gasteiger partial charge in [0.25, 0.3) is 0 Å². The molecule has 1 rings (SSSR count). The van der Waals surface area contributed by atoms with Crippen molar-refractivity contribution in [2.75, 3.05) is 11.5 Å². The highest BCUT2D eigenvalue weighted by Crippen LogP contribution is 2.06. The Morgan fingerprint density at radius 3 is 1.85 bits per heavy atom. The molecule has 0 fully saturated rings. The summed E-state index contributed by atoms with van der Waals surface area (Å²) >= 11 is 7.92. The maximum absolute atomic E-state index is 12.9. The summed E-state index contributed by atoms with van der Waals surface area (Å²) in [7, 11) is 0. The van der Waals surface area contributed by atoms with Crippen LogP contribution in [0.1, 0.15) is 18.4 Å². The number of nitrogens with one attached hydrogen (secondary N) is 3. The van der Waals surface area contributed by atoms with Gasteiger partial charge >= 0.3 is 11.9 Å². The van der Waals surface area contributed by atoms with Gasteiger partial charge in [-0.2, -0.15) is 25.3 Å². The molecule has 0 aromatic heterocycles. The number of carbonyl (C=O) groups excluding carboxylic acids is 3. The van der Waals surface area contributed by atoms with E-state index in [0.29, 0.717) is 5.56 Å². The maximum Gasteiger partial charge on any atom is 0.327 e. The lowest BCUT2D eigenvalue weighted by molar-refractivity contribution is -0.141. The third-order valence-corrected chi connectivity index (χ3v) is 5.26. The van der Waals surface area contributed by atoms with Gasteiger partial charge in [-0.1, -0.05) is 30.3 Å². The summed E-state index contributed by atoms with van der Waals surface area (Å²) in [6, 6.07) is 4.03. The Hall–Kier alpha value is -2.77. The van der Waals surface area contributed by atoms with Gasteiger partial charge in [-0.15, -0.1) is 0 Å². The third-order valence-electron chi connectivity index (χ3n) is 4.53. The van der Waals surface area contributed by atoms with Crippen LogP contribution in [0.3, 0.4) is 0 Å². The zero-order valence-electron chi connectivity index (χ0n) is 17.6. The van der Waals surface area contributed by atoms with Crippen molar-refractivity contribution in [3.63, 3.8) is 0 Å². The molecule has 0 aliphatic carbocycles. The van der Waals surface area contributed by atoms with Gasteiger partial charge in [0.15, 0.2) is 0 Å². The topological polar surface area (TPSA) is 188 Å². The SMILES string of the molecule is NC(CCC(=O)O)C(=O)NC(Cc1ccccc1)C(=O)NC(CS)C(=O)NC(CS)C(=O)O. The fourth-order valence-corrected chi connectivity index (χ4v) is 3.18. The van der Waals surface area contributed by atoms with Crippen molar-refractivity contribution in [3.8, 4) is 0 Å². The number of carboxylic acid groups (broad SMARTS) is 2. The number of thiol groups is 2. The highest BCUT2D eigenvalue weighted by atomic mass is 32.1. The number of amides is 3. The average Bonchev–Trinajstić information content (AvgIpc) is 2.78. The highest BCUT2D eigenvalue weighted by molar-refractivity contribution is 7.80. The summed E-state index contributed by atoms with van der Waals surface area (Å²) in [6.45, 7) is 0. The van der Waals surface area contributed by atoms with Crippen LogP contribution in [-0.2, 0) is 30.4 Å². The standard InChI is InChI=1S/C20H28N4O7S2/c21-12(6-7-16(25)26)17(27)22-13(8-11-4-2-1-3-5-11)18(28)23-14(9-32)19(29)24-15(10-33)20(30)31/h1-5,12-15,32-33H,6-10,21H2,(H,22,27)(H,23,28)(H,24,29)(H,25,26)(H,30,31). The first-order valence-electron chi connectivity index (χ1n) is 9.96. The van der Waals surface area contributed by atoms with Crippen molar-refractivity contribution < 1.29 is 34.2 Å². The molecule has 1 aromatic rings. The van der Waals surface area contributed by atoms with E-state index < -0.39 is 53.8 Å². The molecule has 0 aliphatic rings. The van der Waals surface area contributed by atoms with E-state index in [0.717, 1.165) is 0 Å². The smallest absolute Gasteiger partial charge is 0.327 e. The van der Waals surface area contributed by atoms with Crippen molar-refractivity contribution in [2.24, 2.45) is 5.73 Å². The lowest BCUT2D eigenvalue weighted by Gasteiger charge is -2.24. The number of carbonyl (C=O) groups is 5. The summed E-state index contributed by atoms with van der Waals surface area (Å²) in [6.07, 6.45) is -0.371. The molecule has 0 saturated heterocycles. The van der Waals surface area contributed by atoms with Crippen LogP contribution in [0.5, 0.6) is 0 Å². The second kappa shape index (κ2) is 14.4. The summed E-state index contributed by atoms with van der Waals surface area (Å²) in [5, 5.41) is 25.0. The Bertz CT molecular complexity index is 841. The number of hydrogen-bond acceptors (Lipinski definition) is 8. The largest absolute Gasteiger partial charge is 0.481 e. The lowest BCUT2D eigenvalue weighted by atomic mass is 10.0. The maximum atomic E-state index is 12.9. The van der Waals surface area contributed by atoms with Gasteiger partial charge in [0.2, 0.25) is 17.7 Å². The molecule has 4 unspecified atom stereocenters. The Morgan fingerprint density at radius 2 is 1.33 bits per heavy atom. The van der Waals surface area contributed by atoms with Crippen molar-refractivity contribution in [2.45, 2.75) is 43.4 Å². The molecule has 0 aliphatic heterocycles. The van der Waals surface area contributed by atoms with Crippen molar-refractivity contribution in [3.05, 3.63) is 35.9 Å². The van der Waals surface area contributed by atoms with E-state index in [2.05, 4.69) is 41.2 Å². The van der Waals surface area contributed by atoms with E-state index in [1.807, 2.05) is 0 Å². The van der Waals surface area contributed by atoms with Crippen LogP contribution in [0.4, 0.5) is 0 Å². The predicted molar refractivity (Wildman–Crippen MR) is 126 cm³/mol. The molecular formula is C20H28N4O7S2. The van der Waals surface area contributed by atoms with Crippen molar-refractivity contribution >= 4 is 54.9 Å². The number of rotatable bonds is 14. The summed E-state index contributed by atoms with van der Waals surface area (Å²) in [5.41, 5.74) is 6.45. The van der Waals surface area contributed by atoms with Crippen LogP contribution in [-0.4, -0.2) is 75.5 Å². The summed E-state index contributed by atoms with van der Waals surface area (Å²) in [5.74, 6) is -4.91. The molecule has 182 valence electrons. The summed E-state index contributed by atoms with van der Waals surface area (Å²) in [4.78, 5) is 59.6. The normalized spacial score (nSPS) is 14.3. The van der Waals surface area contributed by atoms with E-state index in [1.54, 1.807) is 30.3 Å². The Labute approximate surface area is 201 Å². The van der Waals surface area contributed by atoms with Crippen LogP contribution in [0.2, 0.25) is 0 Å². The van der Waals surface area contributed by atoms with Crippen LogP contribution >= 0.6 is 25.3 Å². The minimum absolute atomic E-state index is 0.0688. The van der Waals surface area contributed by atoms with E-state index >= 15 is 0 Å². The molecule has 1 aromatic carbocycles. The zero-order chi connectivity index (χ0) is 25.0. The highest BCUT2D eigenvalue weighted by Gasteiger charge is 2.29. The Kier molecular flexibility index (Phi) is 12.3. The third kappa shape index (κ3) is 10.1. The molecule has 0 spiro atoms. The molecule has 0 bridgehead atoms. The number of aliphatic carboxylic acids is 2. The van der Waals surface area contributed by atoms with Gasteiger partial charge in [-0.3, -0.25) is 19.2 Å². The minimum Gasteiger partial charge on any atom is -0.481 e. The second-order valence-corrected chi connectivity index (χ2v) is 7.85. The van der Waals surface area contributed by atoms with Gasteiger partial charge in [-0.25, -0.2) is 4.79 Å². The quantitative estimate of drug-likeness (QED) is 0.147. The Balaban J connectivity index is 2.95. The molecule has 0 heterocycles. The molecule has 3 amide bonds. The number of benzene rings is 1. The van der Waals surface area contributed by atoms with Gasteiger partial charge in [0, 0.05) is 24.3 Å². The van der Waals surface area contributed by atoms with Crippen molar-refractivity contribution in [1.82, 2.24) is 16.0 Å². The molecule has 0 saturated carbocycles. The van der Waals surface area contributed by atoms with E-state index in [4.69, 9.17) is 15.9 Å². The molecule has 13 heteroatoms. The number of carboxylic acids is 2. The monoisotopic (exact) mass is 500 g/mol. The van der Waals surface area contributed by atoms with Crippen LogP contribution in [0.15, 0.2) is 30.3 Å². The fraction of sp³-hybridized carbons (Fsp3) is 0.450.